The molecule has 3 fully saturated rings. The van der Waals surface area contributed by atoms with Gasteiger partial charge >= 0.3 is 10.8 Å². The number of thiazole rings is 1. The number of thioether (sulfide) groups is 1. The molecule has 2 aromatic rings. The summed E-state index contributed by atoms with van der Waals surface area (Å²) in [4.78, 5) is 55.1. The number of carbonyl (C=O) groups excluding carboxylic acids is 2. The van der Waals surface area contributed by atoms with E-state index in [-0.39, 0.29) is 76.8 Å². The predicted octanol–water partition coefficient (Wildman–Crippen LogP) is 3.08. The molecule has 2 aliphatic carbocycles. The van der Waals surface area contributed by atoms with Gasteiger partial charge in [-0.25, -0.2) is 0 Å². The van der Waals surface area contributed by atoms with Gasteiger partial charge < -0.3 is 10.1 Å². The number of H-pyrrole nitrogens is 1. The summed E-state index contributed by atoms with van der Waals surface area (Å²) in [5.74, 6) is -1.38. The third-order valence-corrected chi connectivity index (χ3v) is 10.6. The highest BCUT2D eigenvalue weighted by atomic mass is 32.2. The van der Waals surface area contributed by atoms with E-state index in [1.165, 1.54) is 21.8 Å². The molecule has 2 aliphatic heterocycles. The second kappa shape index (κ2) is 7.56. The fourth-order valence-electron chi connectivity index (χ4n) is 6.83. The Hall–Kier alpha value is -2.39. The van der Waals surface area contributed by atoms with Crippen LogP contribution in [0.3, 0.4) is 0 Å². The van der Waals surface area contributed by atoms with Crippen molar-refractivity contribution in [2.45, 2.75) is 42.4 Å². The molecule has 0 spiro atoms. The molecule has 2 saturated carbocycles. The largest absolute Gasteiger partial charge is 0.481 e. The lowest BCUT2D eigenvalue weighted by atomic mass is 9.68. The first kappa shape index (κ1) is 21.2. The van der Waals surface area contributed by atoms with Crippen molar-refractivity contribution >= 4 is 40.9 Å². The Morgan fingerprint density at radius 2 is 1.82 bits per heavy atom. The van der Waals surface area contributed by atoms with E-state index in [1.807, 2.05) is 6.92 Å². The molecule has 3 heterocycles. The maximum Gasteiger partial charge on any atom is 0.305 e. The number of nitrogens with one attached hydrogen (secondary N) is 1. The molecular weight excluding hydrogens is 460 g/mol. The van der Waals surface area contributed by atoms with Gasteiger partial charge in [0.25, 0.3) is 0 Å². The van der Waals surface area contributed by atoms with Gasteiger partial charge in [-0.15, -0.1) is 11.8 Å². The molecule has 7 atom stereocenters. The van der Waals surface area contributed by atoms with Crippen LogP contribution in [0.4, 0.5) is 0 Å². The first-order chi connectivity index (χ1) is 15.8. The van der Waals surface area contributed by atoms with Crippen LogP contribution in [0.15, 0.2) is 34.1 Å². The normalized spacial score (nSPS) is 33.8. The van der Waals surface area contributed by atoms with Crippen molar-refractivity contribution in [1.29, 1.82) is 0 Å². The number of imide groups is 1. The molecule has 1 aromatic carbocycles. The molecule has 4 aliphatic rings. The van der Waals surface area contributed by atoms with Crippen LogP contribution in [0.25, 0.3) is 0 Å². The van der Waals surface area contributed by atoms with Crippen molar-refractivity contribution in [2.75, 3.05) is 6.54 Å². The molecule has 2 bridgehead atoms. The highest BCUT2D eigenvalue weighted by molar-refractivity contribution is 8.00. The van der Waals surface area contributed by atoms with E-state index >= 15 is 0 Å². The highest BCUT2D eigenvalue weighted by Gasteiger charge is 2.69. The van der Waals surface area contributed by atoms with E-state index in [4.69, 9.17) is 5.11 Å². The number of likely N-dealkylation sites (tertiary alicyclic amines) is 1. The standard InChI is InChI=1S/C24H24N2O5S2/c1-10-4-6-11(7-5-10)15-16-12-9-13(19(16)32-21-20(15)33-24(31)25-21)18-17(12)22(29)26(23(18)30)8-2-3-14(27)28/h4-7,12-13,15-19H,2-3,8-9H2,1H3,(H,25,31)(H,27,28)/t12-,13+,15-,16+,17-,18-,19-/m1/s1. The van der Waals surface area contributed by atoms with E-state index in [9.17, 15) is 19.2 Å². The van der Waals surface area contributed by atoms with Crippen LogP contribution in [0.5, 0.6) is 0 Å². The smallest absolute Gasteiger partial charge is 0.305 e. The van der Waals surface area contributed by atoms with Crippen molar-refractivity contribution < 1.29 is 19.5 Å². The van der Waals surface area contributed by atoms with E-state index < -0.39 is 5.97 Å². The Morgan fingerprint density at radius 3 is 2.52 bits per heavy atom. The van der Waals surface area contributed by atoms with Gasteiger partial charge in [-0.1, -0.05) is 41.2 Å². The number of aliphatic carboxylic acids is 1. The molecule has 0 radical (unpaired) electrons. The highest BCUT2D eigenvalue weighted by Crippen LogP contribution is 2.68. The van der Waals surface area contributed by atoms with Crippen LogP contribution in [0.2, 0.25) is 0 Å². The van der Waals surface area contributed by atoms with Crippen molar-refractivity contribution in [3.05, 3.63) is 49.9 Å². The van der Waals surface area contributed by atoms with Crippen LogP contribution in [0, 0.1) is 36.5 Å². The van der Waals surface area contributed by atoms with Crippen LogP contribution >= 0.6 is 23.1 Å². The van der Waals surface area contributed by atoms with Gasteiger partial charge in [0.05, 0.1) is 16.9 Å². The van der Waals surface area contributed by atoms with Gasteiger partial charge in [0.15, 0.2) is 0 Å². The number of rotatable bonds is 5. The summed E-state index contributed by atoms with van der Waals surface area (Å²) in [6, 6.07) is 8.44. The Morgan fingerprint density at radius 1 is 1.12 bits per heavy atom. The maximum absolute atomic E-state index is 13.4. The summed E-state index contributed by atoms with van der Waals surface area (Å²) in [5.41, 5.74) is 2.33. The number of benzene rings is 1. The fourth-order valence-corrected chi connectivity index (χ4v) is 9.72. The zero-order valence-electron chi connectivity index (χ0n) is 18.0. The van der Waals surface area contributed by atoms with E-state index in [0.29, 0.717) is 0 Å². The number of aromatic amines is 1. The molecule has 6 rings (SSSR count). The topological polar surface area (TPSA) is 108 Å². The first-order valence-corrected chi connectivity index (χ1v) is 13.1. The summed E-state index contributed by atoms with van der Waals surface area (Å²) in [6.45, 7) is 2.23. The second-order valence-electron chi connectivity index (χ2n) is 9.70. The van der Waals surface area contributed by atoms with Crippen LogP contribution in [-0.2, 0) is 14.4 Å². The number of aryl methyl sites for hydroxylation is 1. The molecule has 33 heavy (non-hydrogen) atoms. The molecule has 0 unspecified atom stereocenters. The lowest BCUT2D eigenvalue weighted by Crippen LogP contribution is -2.42. The van der Waals surface area contributed by atoms with Gasteiger partial charge in [-0.2, -0.15) is 0 Å². The number of nitrogens with zero attached hydrogens (tertiary/aromatic N) is 1. The third-order valence-electron chi connectivity index (χ3n) is 8.02. The van der Waals surface area contributed by atoms with Gasteiger partial charge in [-0.05, 0) is 43.1 Å². The second-order valence-corrected chi connectivity index (χ2v) is 11.9. The zero-order valence-corrected chi connectivity index (χ0v) is 19.7. The van der Waals surface area contributed by atoms with E-state index in [0.717, 1.165) is 21.9 Å². The Kier molecular flexibility index (Phi) is 4.85. The molecule has 2 N–H and O–H groups in total. The molecule has 1 aromatic heterocycles. The van der Waals surface area contributed by atoms with Gasteiger partial charge in [-0.3, -0.25) is 24.1 Å². The van der Waals surface area contributed by atoms with Crippen LogP contribution < -0.4 is 4.87 Å². The Balaban J connectivity index is 1.37. The Labute approximate surface area is 198 Å². The number of carboxylic acids is 1. The molecule has 7 nitrogen and oxygen atoms in total. The minimum atomic E-state index is -0.919. The average Bonchev–Trinajstić information content (AvgIpc) is 3.49. The Bertz CT molecular complexity index is 1220. The summed E-state index contributed by atoms with van der Waals surface area (Å²) in [5, 5.41) is 10.0. The van der Waals surface area contributed by atoms with Gasteiger partial charge in [0.2, 0.25) is 11.8 Å². The van der Waals surface area contributed by atoms with Crippen LogP contribution in [0.1, 0.15) is 41.2 Å². The first-order valence-electron chi connectivity index (χ1n) is 11.4. The van der Waals surface area contributed by atoms with Crippen molar-refractivity contribution in [2.24, 2.45) is 29.6 Å². The summed E-state index contributed by atoms with van der Waals surface area (Å²) in [6.07, 6.45) is 1.09. The van der Waals surface area contributed by atoms with Crippen molar-refractivity contribution in [3.8, 4) is 0 Å². The molecular formula is C24H24N2O5S2. The monoisotopic (exact) mass is 484 g/mol. The number of carboxylic acid groups (broad SMARTS) is 1. The minimum Gasteiger partial charge on any atom is -0.481 e. The number of amides is 2. The maximum atomic E-state index is 13.4. The SMILES string of the molecule is Cc1ccc([C@H]2c3sc(=O)[nH]c3S[C@@H]3[C@H]4C[C@@H]([C@H]5C(=O)N(CCCC(=O)O)C(=O)[C@H]45)[C@@H]23)cc1. The van der Waals surface area contributed by atoms with Crippen molar-refractivity contribution in [1.82, 2.24) is 9.88 Å². The molecule has 1 saturated heterocycles. The third kappa shape index (κ3) is 3.08. The summed E-state index contributed by atoms with van der Waals surface area (Å²) in [7, 11) is 0. The number of hydrogen-bond donors (Lipinski definition) is 2. The number of aromatic nitrogens is 1. The summed E-state index contributed by atoms with van der Waals surface area (Å²) < 4.78 is 0. The minimum absolute atomic E-state index is 0.0377. The zero-order chi connectivity index (χ0) is 23.0. The van der Waals surface area contributed by atoms with Crippen molar-refractivity contribution in [3.63, 3.8) is 0 Å². The average molecular weight is 485 g/mol. The lowest BCUT2D eigenvalue weighted by molar-refractivity contribution is -0.142. The quantitative estimate of drug-likeness (QED) is 0.632. The van der Waals surface area contributed by atoms with E-state index in [1.54, 1.807) is 11.8 Å². The summed E-state index contributed by atoms with van der Waals surface area (Å²) >= 11 is 2.95. The van der Waals surface area contributed by atoms with Gasteiger partial charge in [0.1, 0.15) is 0 Å². The fraction of sp³-hybridized carbons (Fsp3) is 0.500. The predicted molar refractivity (Wildman–Crippen MR) is 123 cm³/mol. The number of hydrogen-bond acceptors (Lipinski definition) is 6. The van der Waals surface area contributed by atoms with E-state index in [2.05, 4.69) is 29.2 Å². The molecule has 172 valence electrons. The number of fused-ring (bicyclic) bond motifs is 9. The number of carbonyl (C=O) groups is 3. The van der Waals surface area contributed by atoms with Gasteiger partial charge in [0, 0.05) is 29.0 Å². The lowest BCUT2D eigenvalue weighted by Gasteiger charge is -2.43. The molecule has 2 amide bonds. The van der Waals surface area contributed by atoms with Crippen LogP contribution in [-0.4, -0.2) is 44.6 Å². The molecule has 9 heteroatoms.